The van der Waals surface area contributed by atoms with Gasteiger partial charge in [-0.15, -0.1) is 0 Å². The van der Waals surface area contributed by atoms with E-state index in [-0.39, 0.29) is 10.7 Å². The Labute approximate surface area is 130 Å². The minimum atomic E-state index is -4.02. The van der Waals surface area contributed by atoms with Gasteiger partial charge in [0.2, 0.25) is 10.0 Å². The molecule has 0 unspecified atom stereocenters. The first-order valence-corrected chi connectivity index (χ1v) is 7.90. The quantitative estimate of drug-likeness (QED) is 0.862. The maximum Gasteiger partial charge on any atom is 0.264 e. The normalized spacial score (nSPS) is 11.2. The topological polar surface area (TPSA) is 76.1 Å². The van der Waals surface area contributed by atoms with Crippen LogP contribution in [0, 0.1) is 11.6 Å². The Bertz CT molecular complexity index is 811. The summed E-state index contributed by atoms with van der Waals surface area (Å²) in [4.78, 5) is 15.5. The summed E-state index contributed by atoms with van der Waals surface area (Å²) in [5.41, 5.74) is 0.00620. The van der Waals surface area contributed by atoms with Gasteiger partial charge in [0.1, 0.15) is 5.15 Å². The van der Waals surface area contributed by atoms with Gasteiger partial charge in [-0.25, -0.2) is 26.9 Å². The van der Waals surface area contributed by atoms with E-state index in [1.807, 2.05) is 0 Å². The number of nitrogens with zero attached hydrogens (tertiary/aromatic N) is 1. The summed E-state index contributed by atoms with van der Waals surface area (Å²) in [5.74, 6) is -3.94. The third-order valence-corrected chi connectivity index (χ3v) is 4.01. The van der Waals surface area contributed by atoms with Crippen LogP contribution in [0.15, 0.2) is 36.5 Å². The summed E-state index contributed by atoms with van der Waals surface area (Å²) in [5, 5.41) is 0.201. The van der Waals surface area contributed by atoms with Crippen molar-refractivity contribution >= 4 is 27.5 Å². The average molecular weight is 347 g/mol. The molecule has 1 N–H and O–H groups in total. The van der Waals surface area contributed by atoms with Gasteiger partial charge in [-0.05, 0) is 29.8 Å². The summed E-state index contributed by atoms with van der Waals surface area (Å²) < 4.78 is 51.3. The van der Waals surface area contributed by atoms with Gasteiger partial charge < -0.3 is 0 Å². The van der Waals surface area contributed by atoms with Crippen molar-refractivity contribution in [3.63, 3.8) is 0 Å². The molecule has 1 aromatic carbocycles. The Kier molecular flexibility index (Phi) is 4.72. The molecule has 0 saturated heterocycles. The van der Waals surface area contributed by atoms with Crippen LogP contribution in [0.3, 0.4) is 0 Å². The standard InChI is InChI=1S/C13H9ClF2N2O3S/c14-12-4-1-8(6-17-12)7-22(20,21)18-13(19)9-2-3-10(15)11(16)5-9/h1-6H,7H2,(H,18,19). The molecular formula is C13H9ClF2N2O3S. The SMILES string of the molecule is O=C(NS(=O)(=O)Cc1ccc(Cl)nc1)c1ccc(F)c(F)c1. The highest BCUT2D eigenvalue weighted by Gasteiger charge is 2.18. The van der Waals surface area contributed by atoms with Crippen molar-refractivity contribution in [3.05, 3.63) is 64.4 Å². The largest absolute Gasteiger partial charge is 0.268 e. The first kappa shape index (κ1) is 16.3. The summed E-state index contributed by atoms with van der Waals surface area (Å²) in [6.45, 7) is 0. The molecular weight excluding hydrogens is 338 g/mol. The highest BCUT2D eigenvalue weighted by atomic mass is 35.5. The van der Waals surface area contributed by atoms with E-state index in [1.165, 1.54) is 18.3 Å². The number of carbonyl (C=O) groups excluding carboxylic acids is 1. The van der Waals surface area contributed by atoms with E-state index >= 15 is 0 Å². The van der Waals surface area contributed by atoms with E-state index in [9.17, 15) is 22.0 Å². The van der Waals surface area contributed by atoms with Crippen LogP contribution in [0.5, 0.6) is 0 Å². The van der Waals surface area contributed by atoms with Gasteiger partial charge in [0, 0.05) is 11.8 Å². The Balaban J connectivity index is 2.12. The van der Waals surface area contributed by atoms with Gasteiger partial charge in [0.05, 0.1) is 5.75 Å². The van der Waals surface area contributed by atoms with Crippen LogP contribution in [0.25, 0.3) is 0 Å². The van der Waals surface area contributed by atoms with Crippen molar-refractivity contribution in [2.24, 2.45) is 0 Å². The number of carbonyl (C=O) groups is 1. The summed E-state index contributed by atoms with van der Waals surface area (Å²) >= 11 is 5.58. The zero-order valence-corrected chi connectivity index (χ0v) is 12.5. The molecule has 0 aliphatic carbocycles. The number of halogens is 3. The number of amides is 1. The van der Waals surface area contributed by atoms with E-state index in [0.717, 1.165) is 12.1 Å². The zero-order chi connectivity index (χ0) is 16.3. The Hall–Kier alpha value is -2.06. The smallest absolute Gasteiger partial charge is 0.264 e. The van der Waals surface area contributed by atoms with Crippen molar-refractivity contribution in [3.8, 4) is 0 Å². The Morgan fingerprint density at radius 3 is 2.50 bits per heavy atom. The molecule has 2 rings (SSSR count). The predicted molar refractivity (Wildman–Crippen MR) is 75.7 cm³/mol. The highest BCUT2D eigenvalue weighted by Crippen LogP contribution is 2.11. The van der Waals surface area contributed by atoms with Gasteiger partial charge in [0.25, 0.3) is 5.91 Å². The van der Waals surface area contributed by atoms with E-state index in [4.69, 9.17) is 11.6 Å². The molecule has 0 aliphatic rings. The molecule has 0 spiro atoms. The Morgan fingerprint density at radius 1 is 1.18 bits per heavy atom. The molecule has 0 bridgehead atoms. The Morgan fingerprint density at radius 2 is 1.91 bits per heavy atom. The van der Waals surface area contributed by atoms with Gasteiger partial charge in [0.15, 0.2) is 11.6 Å². The second-order valence-corrected chi connectivity index (χ2v) is 6.42. The van der Waals surface area contributed by atoms with Gasteiger partial charge in [-0.2, -0.15) is 0 Å². The van der Waals surface area contributed by atoms with E-state index in [1.54, 1.807) is 4.72 Å². The number of hydrogen-bond donors (Lipinski definition) is 1. The molecule has 1 aromatic heterocycles. The molecule has 1 heterocycles. The fourth-order valence-electron chi connectivity index (χ4n) is 1.58. The number of sulfonamides is 1. The molecule has 0 fully saturated rings. The van der Waals surface area contributed by atoms with E-state index < -0.39 is 33.3 Å². The molecule has 5 nitrogen and oxygen atoms in total. The number of pyridine rings is 1. The molecule has 0 radical (unpaired) electrons. The number of hydrogen-bond acceptors (Lipinski definition) is 4. The van der Waals surface area contributed by atoms with Crippen LogP contribution in [0.1, 0.15) is 15.9 Å². The summed E-state index contributed by atoms with van der Waals surface area (Å²) in [6, 6.07) is 5.18. The maximum atomic E-state index is 13.0. The van der Waals surface area contributed by atoms with Crippen LogP contribution >= 0.6 is 11.6 Å². The molecule has 116 valence electrons. The number of aromatic nitrogens is 1. The molecule has 0 atom stereocenters. The molecule has 9 heteroatoms. The van der Waals surface area contributed by atoms with Crippen molar-refractivity contribution in [1.29, 1.82) is 0 Å². The van der Waals surface area contributed by atoms with Crippen LogP contribution in [-0.2, 0) is 15.8 Å². The van der Waals surface area contributed by atoms with Crippen LogP contribution in [-0.4, -0.2) is 19.3 Å². The number of nitrogens with one attached hydrogen (secondary N) is 1. The third kappa shape index (κ3) is 4.22. The number of benzene rings is 1. The number of rotatable bonds is 4. The fraction of sp³-hybridized carbons (Fsp3) is 0.0769. The lowest BCUT2D eigenvalue weighted by Gasteiger charge is -2.07. The first-order valence-electron chi connectivity index (χ1n) is 5.87. The second kappa shape index (κ2) is 6.37. The lowest BCUT2D eigenvalue weighted by Crippen LogP contribution is -2.31. The van der Waals surface area contributed by atoms with E-state index in [2.05, 4.69) is 4.98 Å². The molecule has 2 aromatic rings. The van der Waals surface area contributed by atoms with Crippen LogP contribution < -0.4 is 4.72 Å². The lowest BCUT2D eigenvalue weighted by atomic mass is 10.2. The van der Waals surface area contributed by atoms with Crippen molar-refractivity contribution < 1.29 is 22.0 Å². The van der Waals surface area contributed by atoms with Gasteiger partial charge >= 0.3 is 0 Å². The monoisotopic (exact) mass is 346 g/mol. The predicted octanol–water partition coefficient (Wildman–Crippen LogP) is 2.27. The third-order valence-electron chi connectivity index (χ3n) is 2.58. The summed E-state index contributed by atoms with van der Waals surface area (Å²) in [7, 11) is -4.02. The minimum absolute atomic E-state index is 0.201. The van der Waals surface area contributed by atoms with Crippen LogP contribution in [0.2, 0.25) is 5.15 Å². The molecule has 0 aliphatic heterocycles. The highest BCUT2D eigenvalue weighted by molar-refractivity contribution is 7.89. The van der Waals surface area contributed by atoms with E-state index in [0.29, 0.717) is 11.6 Å². The van der Waals surface area contributed by atoms with Crippen molar-refractivity contribution in [2.75, 3.05) is 0 Å². The lowest BCUT2D eigenvalue weighted by molar-refractivity contribution is 0.0981. The van der Waals surface area contributed by atoms with Gasteiger partial charge in [-0.1, -0.05) is 17.7 Å². The molecule has 1 amide bonds. The van der Waals surface area contributed by atoms with Crippen molar-refractivity contribution in [1.82, 2.24) is 9.71 Å². The maximum absolute atomic E-state index is 13.0. The van der Waals surface area contributed by atoms with Crippen LogP contribution in [0.4, 0.5) is 8.78 Å². The van der Waals surface area contributed by atoms with Gasteiger partial charge in [-0.3, -0.25) is 4.79 Å². The minimum Gasteiger partial charge on any atom is -0.268 e. The molecule has 0 saturated carbocycles. The average Bonchev–Trinajstić information content (AvgIpc) is 2.43. The summed E-state index contributed by atoms with van der Waals surface area (Å²) in [6.07, 6.45) is 1.25. The van der Waals surface area contributed by atoms with Crippen molar-refractivity contribution in [2.45, 2.75) is 5.75 Å². The second-order valence-electron chi connectivity index (χ2n) is 4.31. The first-order chi connectivity index (χ1) is 10.3. The zero-order valence-electron chi connectivity index (χ0n) is 10.9. The fourth-order valence-corrected chi connectivity index (χ4v) is 2.78. The molecule has 22 heavy (non-hydrogen) atoms.